The van der Waals surface area contributed by atoms with Crippen molar-refractivity contribution in [3.63, 3.8) is 0 Å². The van der Waals surface area contributed by atoms with Gasteiger partial charge in [0.05, 0.1) is 25.4 Å². The zero-order valence-electron chi connectivity index (χ0n) is 33.4. The Balaban J connectivity index is 1.99. The molecular weight excluding hydrogens is 662 g/mol. The average Bonchev–Trinajstić information content (AvgIpc) is 3.15. The Hall–Kier alpha value is -0.850. The molecule has 0 bridgehead atoms. The van der Waals surface area contributed by atoms with E-state index in [0.717, 1.165) is 25.7 Å². The summed E-state index contributed by atoms with van der Waals surface area (Å²) in [6, 6.07) is -0.983. The second-order valence-electron chi connectivity index (χ2n) is 15.6. The summed E-state index contributed by atoms with van der Waals surface area (Å²) < 4.78 is 10.9. The molecule has 1 fully saturated rings. The van der Waals surface area contributed by atoms with E-state index in [2.05, 4.69) is 12.2 Å². The third-order valence-corrected chi connectivity index (χ3v) is 10.9. The van der Waals surface area contributed by atoms with Crippen molar-refractivity contribution in [1.82, 2.24) is 5.32 Å². The van der Waals surface area contributed by atoms with Crippen LogP contribution in [0.2, 0.25) is 0 Å². The highest BCUT2D eigenvalue weighted by Gasteiger charge is 2.44. The fourth-order valence-corrected chi connectivity index (χ4v) is 7.20. The van der Waals surface area contributed by atoms with E-state index in [9.17, 15) is 35.4 Å². The number of hydrogen-bond acceptors (Lipinski definition) is 9. The highest BCUT2D eigenvalue weighted by atomic mass is 16.7. The summed E-state index contributed by atoms with van der Waals surface area (Å²) in [4.78, 5) is 12.7. The van der Waals surface area contributed by atoms with Crippen LogP contribution in [0, 0.1) is 0 Å². The van der Waals surface area contributed by atoms with E-state index < -0.39 is 55.6 Å². The van der Waals surface area contributed by atoms with Gasteiger partial charge in [-0.15, -0.1) is 0 Å². The summed E-state index contributed by atoms with van der Waals surface area (Å²) >= 11 is 0. The van der Waals surface area contributed by atoms with Gasteiger partial charge in [0.1, 0.15) is 30.5 Å². The molecule has 1 heterocycles. The Labute approximate surface area is 317 Å². The van der Waals surface area contributed by atoms with E-state index in [1.165, 1.54) is 148 Å². The van der Waals surface area contributed by atoms with Crippen LogP contribution >= 0.6 is 0 Å². The van der Waals surface area contributed by atoms with Gasteiger partial charge in [-0.1, -0.05) is 181 Å². The minimum absolute atomic E-state index is 0.257. The first kappa shape index (κ1) is 49.2. The van der Waals surface area contributed by atoms with Gasteiger partial charge in [-0.3, -0.25) is 4.79 Å². The second kappa shape index (κ2) is 33.5. The van der Waals surface area contributed by atoms with Crippen LogP contribution < -0.4 is 5.32 Å². The van der Waals surface area contributed by atoms with Crippen LogP contribution in [-0.2, 0) is 14.3 Å². The maximum absolute atomic E-state index is 12.7. The molecular formula is C42H83NO9. The van der Waals surface area contributed by atoms with Crippen molar-refractivity contribution in [3.8, 4) is 0 Å². The number of nitrogens with one attached hydrogen (secondary N) is 1. The summed E-state index contributed by atoms with van der Waals surface area (Å²) in [5.74, 6) is -0.274. The summed E-state index contributed by atoms with van der Waals surface area (Å²) in [5.41, 5.74) is 0. The zero-order chi connectivity index (χ0) is 38.2. The molecule has 1 aliphatic heterocycles. The number of amides is 1. The van der Waals surface area contributed by atoms with Gasteiger partial charge in [0.15, 0.2) is 6.29 Å². The molecule has 1 rings (SSSR count). The second-order valence-corrected chi connectivity index (χ2v) is 15.6. The number of aliphatic hydroxyl groups excluding tert-OH is 6. The monoisotopic (exact) mass is 746 g/mol. The minimum Gasteiger partial charge on any atom is -0.394 e. The van der Waals surface area contributed by atoms with Crippen LogP contribution in [0.15, 0.2) is 0 Å². The SMILES string of the molecule is CCCCCCCCCCCCCCCCCCCCCCCCCCCCCC(=O)N[C@@H](CO[C@H]1O[C@H](CO)[C@H](O)[C@H](O)[C@H]1O)[C@H](O)[C@H](O)CC. The number of aliphatic hydroxyl groups is 6. The lowest BCUT2D eigenvalue weighted by atomic mass is 9.99. The van der Waals surface area contributed by atoms with Crippen LogP contribution in [0.1, 0.15) is 200 Å². The summed E-state index contributed by atoms with van der Waals surface area (Å²) in [7, 11) is 0. The molecule has 1 saturated heterocycles. The van der Waals surface area contributed by atoms with Crippen molar-refractivity contribution in [2.45, 2.75) is 249 Å². The summed E-state index contributed by atoms with van der Waals surface area (Å²) in [5, 5.41) is 63.1. The molecule has 10 heteroatoms. The van der Waals surface area contributed by atoms with Gasteiger partial charge in [-0.2, -0.15) is 0 Å². The molecule has 0 unspecified atom stereocenters. The van der Waals surface area contributed by atoms with Crippen molar-refractivity contribution >= 4 is 5.91 Å². The Bertz CT molecular complexity index is 803. The molecule has 0 aromatic carbocycles. The number of hydrogen-bond donors (Lipinski definition) is 7. The first-order valence-electron chi connectivity index (χ1n) is 21.8. The van der Waals surface area contributed by atoms with E-state index in [1.54, 1.807) is 6.92 Å². The molecule has 52 heavy (non-hydrogen) atoms. The lowest BCUT2D eigenvalue weighted by molar-refractivity contribution is -0.303. The van der Waals surface area contributed by atoms with Crippen LogP contribution in [0.5, 0.6) is 0 Å². The van der Waals surface area contributed by atoms with Crippen molar-refractivity contribution in [2.24, 2.45) is 0 Å². The molecule has 0 spiro atoms. The van der Waals surface area contributed by atoms with Crippen LogP contribution in [-0.4, -0.2) is 98.7 Å². The Morgan fingerprint density at radius 2 is 0.981 bits per heavy atom. The molecule has 7 N–H and O–H groups in total. The van der Waals surface area contributed by atoms with Gasteiger partial charge in [0.25, 0.3) is 0 Å². The lowest BCUT2D eigenvalue weighted by Gasteiger charge is -2.40. The van der Waals surface area contributed by atoms with Gasteiger partial charge in [-0.05, 0) is 12.8 Å². The molecule has 0 aromatic heterocycles. The Morgan fingerprint density at radius 3 is 1.35 bits per heavy atom. The fourth-order valence-electron chi connectivity index (χ4n) is 7.20. The largest absolute Gasteiger partial charge is 0.394 e. The van der Waals surface area contributed by atoms with Gasteiger partial charge in [-0.25, -0.2) is 0 Å². The maximum atomic E-state index is 12.7. The summed E-state index contributed by atoms with van der Waals surface area (Å²) in [6.07, 6.45) is 26.8. The molecule has 8 atom stereocenters. The Kier molecular flexibility index (Phi) is 31.7. The number of carbonyl (C=O) groups excluding carboxylic acids is 1. The molecule has 0 saturated carbocycles. The van der Waals surface area contributed by atoms with E-state index in [0.29, 0.717) is 0 Å². The first-order chi connectivity index (χ1) is 25.3. The molecule has 0 radical (unpaired) electrons. The summed E-state index contributed by atoms with van der Waals surface area (Å²) in [6.45, 7) is 3.08. The predicted molar refractivity (Wildman–Crippen MR) is 209 cm³/mol. The third kappa shape index (κ3) is 23.8. The molecule has 1 amide bonds. The first-order valence-corrected chi connectivity index (χ1v) is 21.8. The minimum atomic E-state index is -1.60. The predicted octanol–water partition coefficient (Wildman–Crippen LogP) is 7.36. The van der Waals surface area contributed by atoms with Crippen LogP contribution in [0.3, 0.4) is 0 Å². The Morgan fingerprint density at radius 1 is 0.596 bits per heavy atom. The molecule has 10 nitrogen and oxygen atoms in total. The zero-order valence-corrected chi connectivity index (χ0v) is 33.4. The molecule has 0 aromatic rings. The van der Waals surface area contributed by atoms with Crippen LogP contribution in [0.4, 0.5) is 0 Å². The van der Waals surface area contributed by atoms with E-state index >= 15 is 0 Å². The van der Waals surface area contributed by atoms with E-state index in [-0.39, 0.29) is 25.4 Å². The van der Waals surface area contributed by atoms with Crippen molar-refractivity contribution in [2.75, 3.05) is 13.2 Å². The van der Waals surface area contributed by atoms with Crippen molar-refractivity contribution in [1.29, 1.82) is 0 Å². The van der Waals surface area contributed by atoms with Crippen LogP contribution in [0.25, 0.3) is 0 Å². The highest BCUT2D eigenvalue weighted by Crippen LogP contribution is 2.23. The number of rotatable bonds is 36. The molecule has 0 aliphatic carbocycles. The standard InChI is InChI=1S/C42H83NO9/c1-3-5-6-7-8-9-10-11-12-13-14-15-16-17-18-19-20-21-22-23-24-25-26-27-28-29-30-31-37(46)43-34(38(47)35(45)4-2)33-51-42-41(50)40(49)39(48)36(32-44)52-42/h34-36,38-42,44-45,47-50H,3-33H2,1-2H3,(H,43,46)/t34-,35+,36+,38-,39-,40-,41+,42-/m0/s1. The van der Waals surface area contributed by atoms with E-state index in [4.69, 9.17) is 9.47 Å². The van der Waals surface area contributed by atoms with Crippen molar-refractivity contribution in [3.05, 3.63) is 0 Å². The maximum Gasteiger partial charge on any atom is 0.220 e. The molecule has 310 valence electrons. The number of unbranched alkanes of at least 4 members (excludes halogenated alkanes) is 26. The molecule has 1 aliphatic rings. The quantitative estimate of drug-likeness (QED) is 0.0324. The fraction of sp³-hybridized carbons (Fsp3) is 0.976. The average molecular weight is 746 g/mol. The highest BCUT2D eigenvalue weighted by molar-refractivity contribution is 5.76. The lowest BCUT2D eigenvalue weighted by Crippen LogP contribution is -2.60. The van der Waals surface area contributed by atoms with Gasteiger partial charge >= 0.3 is 0 Å². The van der Waals surface area contributed by atoms with Gasteiger partial charge in [0, 0.05) is 6.42 Å². The van der Waals surface area contributed by atoms with Gasteiger partial charge < -0.3 is 45.4 Å². The number of carbonyl (C=O) groups is 1. The number of ether oxygens (including phenoxy) is 2. The smallest absolute Gasteiger partial charge is 0.220 e. The third-order valence-electron chi connectivity index (χ3n) is 10.9. The normalized spacial score (nSPS) is 22.3. The van der Waals surface area contributed by atoms with Crippen molar-refractivity contribution < 1.29 is 44.9 Å². The van der Waals surface area contributed by atoms with E-state index in [1.807, 2.05) is 0 Å². The topological polar surface area (TPSA) is 169 Å². The van der Waals surface area contributed by atoms with Gasteiger partial charge in [0.2, 0.25) is 5.91 Å².